The molecule has 5 fully saturated rings. The Morgan fingerprint density at radius 1 is 0.704 bits per heavy atom. The van der Waals surface area contributed by atoms with Gasteiger partial charge in [0.2, 0.25) is 0 Å². The van der Waals surface area contributed by atoms with Crippen LogP contribution in [0.2, 0.25) is 24.2 Å². The minimum Gasteiger partial charge on any atom is -0.299 e. The molecule has 5 rings (SSSR count). The van der Waals surface area contributed by atoms with Gasteiger partial charge in [-0.1, -0.05) is 78.3 Å². The summed E-state index contributed by atoms with van der Waals surface area (Å²) in [4.78, 5) is 3.00. The van der Waals surface area contributed by atoms with Crippen LogP contribution in [0.3, 0.4) is 0 Å². The summed E-state index contributed by atoms with van der Waals surface area (Å²) in [5.74, 6) is 6.13. The van der Waals surface area contributed by atoms with Crippen LogP contribution < -0.4 is 0 Å². The van der Waals surface area contributed by atoms with Gasteiger partial charge < -0.3 is 0 Å². The Hall–Kier alpha value is 0.177. The lowest BCUT2D eigenvalue weighted by Crippen LogP contribution is -2.48. The fraction of sp³-hybridized carbons (Fsp3) is 1.00. The molecule has 4 aliphatic carbocycles. The average molecular weight is 388 g/mol. The van der Waals surface area contributed by atoms with E-state index >= 15 is 0 Å². The minimum atomic E-state index is -1.20. The van der Waals surface area contributed by atoms with Crippen molar-refractivity contribution < 1.29 is 0 Å². The van der Waals surface area contributed by atoms with Crippen molar-refractivity contribution >= 4 is 8.07 Å². The maximum absolute atomic E-state index is 3.00. The highest BCUT2D eigenvalue weighted by atomic mass is 28.3. The van der Waals surface area contributed by atoms with E-state index in [1.165, 1.54) is 32.1 Å². The molecule has 1 heterocycles. The van der Waals surface area contributed by atoms with Crippen molar-refractivity contribution in [2.75, 3.05) is 7.05 Å². The highest BCUT2D eigenvalue weighted by Gasteiger charge is 2.66. The second kappa shape index (κ2) is 6.86. The van der Waals surface area contributed by atoms with E-state index in [-0.39, 0.29) is 0 Å². The summed E-state index contributed by atoms with van der Waals surface area (Å²) in [7, 11) is 1.36. The molecule has 2 heteroatoms. The molecule has 0 aromatic carbocycles. The zero-order valence-corrected chi connectivity index (χ0v) is 19.8. The van der Waals surface area contributed by atoms with Gasteiger partial charge in [0.25, 0.3) is 0 Å². The van der Waals surface area contributed by atoms with Crippen molar-refractivity contribution in [1.82, 2.24) is 4.90 Å². The molecular formula is C25H45NSi. The third-order valence-corrected chi connectivity index (χ3v) is 16.3. The summed E-state index contributed by atoms with van der Waals surface area (Å²) < 4.78 is 0. The van der Waals surface area contributed by atoms with Crippen molar-refractivity contribution in [3.8, 4) is 0 Å². The molecule has 154 valence electrons. The van der Waals surface area contributed by atoms with Crippen molar-refractivity contribution in [3.63, 3.8) is 0 Å². The van der Waals surface area contributed by atoms with Gasteiger partial charge in [-0.15, -0.1) is 0 Å². The summed E-state index contributed by atoms with van der Waals surface area (Å²) in [6.45, 7) is 10.9. The van der Waals surface area contributed by atoms with E-state index in [0.717, 1.165) is 58.7 Å². The van der Waals surface area contributed by atoms with E-state index in [0.29, 0.717) is 0 Å². The van der Waals surface area contributed by atoms with Crippen LogP contribution in [-0.2, 0) is 0 Å². The standard InChI is InChI=1S/C25H45NSi/c1-16-14-15-21-22-24(26(3)23(21)17(16)2)19-12-8-9-13-20(19)25(22)27(4,5)18-10-6-7-11-18/h16-25H,6-15H2,1-5H3. The summed E-state index contributed by atoms with van der Waals surface area (Å²) in [6, 6.07) is 1.86. The topological polar surface area (TPSA) is 3.24 Å². The van der Waals surface area contributed by atoms with Crippen LogP contribution in [0.25, 0.3) is 0 Å². The van der Waals surface area contributed by atoms with Crippen LogP contribution >= 0.6 is 0 Å². The highest BCUT2D eigenvalue weighted by molar-refractivity contribution is 6.80. The molecule has 0 N–H and O–H groups in total. The van der Waals surface area contributed by atoms with Gasteiger partial charge in [0.15, 0.2) is 0 Å². The van der Waals surface area contributed by atoms with E-state index in [1.54, 1.807) is 32.1 Å². The molecule has 9 unspecified atom stereocenters. The SMILES string of the molecule is CC1CCC2C3C(C4CCCCC4C3[Si](C)(C)C3CCCC3)N(C)C2C1C. The monoisotopic (exact) mass is 387 g/mol. The smallest absolute Gasteiger partial charge is 0.0542 e. The first-order valence-corrected chi connectivity index (χ1v) is 15.8. The molecule has 5 aliphatic rings. The molecule has 1 aliphatic heterocycles. The Morgan fingerprint density at radius 2 is 1.33 bits per heavy atom. The zero-order chi connectivity index (χ0) is 18.9. The lowest BCUT2D eigenvalue weighted by atomic mass is 9.69. The van der Waals surface area contributed by atoms with Gasteiger partial charge in [-0.3, -0.25) is 4.90 Å². The van der Waals surface area contributed by atoms with Gasteiger partial charge in [0.1, 0.15) is 0 Å². The fourth-order valence-corrected chi connectivity index (χ4v) is 15.2. The van der Waals surface area contributed by atoms with Crippen LogP contribution in [0.15, 0.2) is 0 Å². The van der Waals surface area contributed by atoms with E-state index in [1.807, 2.05) is 0 Å². The molecule has 0 amide bonds. The first-order valence-electron chi connectivity index (χ1n) is 12.6. The second-order valence-corrected chi connectivity index (χ2v) is 17.4. The molecule has 4 saturated carbocycles. The van der Waals surface area contributed by atoms with E-state index in [2.05, 4.69) is 38.9 Å². The molecule has 0 aromatic heterocycles. The lowest BCUT2D eigenvalue weighted by Gasteiger charge is -2.48. The quantitative estimate of drug-likeness (QED) is 0.470. The first kappa shape index (κ1) is 19.2. The maximum Gasteiger partial charge on any atom is 0.0542 e. The largest absolute Gasteiger partial charge is 0.299 e. The maximum atomic E-state index is 3.00. The third kappa shape index (κ3) is 2.71. The van der Waals surface area contributed by atoms with Crippen molar-refractivity contribution in [2.24, 2.45) is 35.5 Å². The number of nitrogens with zero attached hydrogens (tertiary/aromatic N) is 1. The number of hydrogen-bond donors (Lipinski definition) is 0. The molecule has 27 heavy (non-hydrogen) atoms. The summed E-state index contributed by atoms with van der Waals surface area (Å²) in [6.07, 6.45) is 15.5. The first-order chi connectivity index (χ1) is 12.9. The number of fused-ring (bicyclic) bond motifs is 5. The summed E-state index contributed by atoms with van der Waals surface area (Å²) in [5, 5.41) is 0. The third-order valence-electron chi connectivity index (χ3n) is 11.1. The Balaban J connectivity index is 1.54. The Labute approximate surface area is 170 Å². The zero-order valence-electron chi connectivity index (χ0n) is 18.8. The highest BCUT2D eigenvalue weighted by Crippen LogP contribution is 2.67. The predicted molar refractivity (Wildman–Crippen MR) is 119 cm³/mol. The fourth-order valence-electron chi connectivity index (χ4n) is 9.83. The predicted octanol–water partition coefficient (Wildman–Crippen LogP) is 6.81. The number of rotatable bonds is 2. The molecule has 0 radical (unpaired) electrons. The molecule has 9 atom stereocenters. The van der Waals surface area contributed by atoms with Crippen molar-refractivity contribution in [3.05, 3.63) is 0 Å². The Morgan fingerprint density at radius 3 is 2.04 bits per heavy atom. The molecule has 0 spiro atoms. The van der Waals surface area contributed by atoms with E-state index in [4.69, 9.17) is 0 Å². The van der Waals surface area contributed by atoms with Crippen molar-refractivity contribution in [1.29, 1.82) is 0 Å². The minimum absolute atomic E-state index is 0.905. The van der Waals surface area contributed by atoms with Crippen LogP contribution in [0.1, 0.15) is 78.1 Å². The molecular weight excluding hydrogens is 342 g/mol. The summed E-state index contributed by atoms with van der Waals surface area (Å²) in [5.41, 5.74) is 2.29. The normalized spacial score (nSPS) is 51.2. The second-order valence-electron chi connectivity index (χ2n) is 12.2. The van der Waals surface area contributed by atoms with Crippen molar-refractivity contribution in [2.45, 2.75) is 114 Å². The van der Waals surface area contributed by atoms with Gasteiger partial charge in [-0.05, 0) is 66.5 Å². The van der Waals surface area contributed by atoms with Crippen LogP contribution in [-0.4, -0.2) is 32.1 Å². The lowest BCUT2D eigenvalue weighted by molar-refractivity contribution is 0.0635. The molecule has 1 saturated heterocycles. The van der Waals surface area contributed by atoms with Crippen LogP contribution in [0, 0.1) is 35.5 Å². The molecule has 0 bridgehead atoms. The Bertz CT molecular complexity index is 553. The molecule has 1 nitrogen and oxygen atoms in total. The van der Waals surface area contributed by atoms with Gasteiger partial charge in [0.05, 0.1) is 8.07 Å². The number of hydrogen-bond acceptors (Lipinski definition) is 1. The average Bonchev–Trinajstić information content (AvgIpc) is 3.34. The van der Waals surface area contributed by atoms with Gasteiger partial charge in [-0.25, -0.2) is 0 Å². The van der Waals surface area contributed by atoms with E-state index in [9.17, 15) is 0 Å². The van der Waals surface area contributed by atoms with Gasteiger partial charge in [0, 0.05) is 12.1 Å². The number of likely N-dealkylation sites (tertiary alicyclic amines) is 1. The molecule has 0 aromatic rings. The van der Waals surface area contributed by atoms with Crippen LogP contribution in [0.5, 0.6) is 0 Å². The summed E-state index contributed by atoms with van der Waals surface area (Å²) >= 11 is 0. The van der Waals surface area contributed by atoms with Gasteiger partial charge >= 0.3 is 0 Å². The Kier molecular flexibility index (Phi) is 4.87. The van der Waals surface area contributed by atoms with Crippen LogP contribution in [0.4, 0.5) is 0 Å². The van der Waals surface area contributed by atoms with E-state index < -0.39 is 8.07 Å². The van der Waals surface area contributed by atoms with Gasteiger partial charge in [-0.2, -0.15) is 0 Å².